The number of rotatable bonds is 3. The molecule has 1 aromatic rings. The molecule has 5 rings (SSSR count). The molecule has 4 heteroatoms. The SMILES string of the molecule is CC(=NNC(=O)c1ccc(Br)cc1)C12CC3CC(CC(C3)C1)C2. The number of carbonyl (C=O) groups is 1. The summed E-state index contributed by atoms with van der Waals surface area (Å²) in [5.74, 6) is 2.57. The van der Waals surface area contributed by atoms with E-state index in [0.717, 1.165) is 27.9 Å². The van der Waals surface area contributed by atoms with Crippen LogP contribution >= 0.6 is 15.9 Å². The zero-order valence-electron chi connectivity index (χ0n) is 13.5. The maximum atomic E-state index is 12.3. The van der Waals surface area contributed by atoms with Gasteiger partial charge in [-0.15, -0.1) is 0 Å². The van der Waals surface area contributed by atoms with Crippen LogP contribution in [-0.4, -0.2) is 11.6 Å². The Hall–Kier alpha value is -1.16. The Bertz CT molecular complexity index is 615. The Morgan fingerprint density at radius 1 is 1.09 bits per heavy atom. The van der Waals surface area contributed by atoms with Gasteiger partial charge in [-0.25, -0.2) is 5.43 Å². The normalized spacial score (nSPS) is 35.4. The van der Waals surface area contributed by atoms with Crippen molar-refractivity contribution in [3.8, 4) is 0 Å². The molecule has 4 bridgehead atoms. The smallest absolute Gasteiger partial charge is 0.267 e. The summed E-state index contributed by atoms with van der Waals surface area (Å²) in [4.78, 5) is 12.3. The summed E-state index contributed by atoms with van der Waals surface area (Å²) in [5, 5.41) is 4.52. The molecule has 4 fully saturated rings. The fourth-order valence-corrected chi connectivity index (χ4v) is 5.74. The van der Waals surface area contributed by atoms with Crippen LogP contribution in [0.5, 0.6) is 0 Å². The van der Waals surface area contributed by atoms with Crippen molar-refractivity contribution in [1.29, 1.82) is 0 Å². The Labute approximate surface area is 146 Å². The van der Waals surface area contributed by atoms with Gasteiger partial charge < -0.3 is 0 Å². The summed E-state index contributed by atoms with van der Waals surface area (Å²) >= 11 is 3.39. The number of nitrogens with zero attached hydrogens (tertiary/aromatic N) is 1. The number of hydrogen-bond acceptors (Lipinski definition) is 2. The van der Waals surface area contributed by atoms with Crippen LogP contribution < -0.4 is 5.43 Å². The minimum Gasteiger partial charge on any atom is -0.267 e. The molecule has 0 spiro atoms. The van der Waals surface area contributed by atoms with E-state index in [1.807, 2.05) is 24.3 Å². The lowest BCUT2D eigenvalue weighted by Gasteiger charge is -2.56. The molecule has 0 aliphatic heterocycles. The van der Waals surface area contributed by atoms with Gasteiger partial charge in [0.15, 0.2) is 0 Å². The molecule has 0 aromatic heterocycles. The van der Waals surface area contributed by atoms with Crippen LogP contribution in [0.15, 0.2) is 33.8 Å². The summed E-state index contributed by atoms with van der Waals surface area (Å²) in [5.41, 5.74) is 4.83. The molecule has 4 aliphatic rings. The first-order valence-electron chi connectivity index (χ1n) is 8.65. The van der Waals surface area contributed by atoms with Gasteiger partial charge in [0, 0.05) is 21.2 Å². The molecular weight excluding hydrogens is 352 g/mol. The molecular formula is C19H23BrN2O. The Kier molecular flexibility index (Phi) is 3.83. The van der Waals surface area contributed by atoms with E-state index in [9.17, 15) is 4.79 Å². The standard InChI is InChI=1S/C19H23BrN2O/c1-12(21-22-18(23)16-2-4-17(20)5-3-16)19-9-13-6-14(10-19)8-15(7-13)11-19/h2-5,13-15H,6-11H2,1H3,(H,22,23). The van der Waals surface area contributed by atoms with Gasteiger partial charge in [0.1, 0.15) is 0 Å². The second-order valence-electron chi connectivity index (χ2n) is 7.84. The molecule has 23 heavy (non-hydrogen) atoms. The fraction of sp³-hybridized carbons (Fsp3) is 0.579. The van der Waals surface area contributed by atoms with Crippen molar-refractivity contribution in [2.45, 2.75) is 45.4 Å². The highest BCUT2D eigenvalue weighted by molar-refractivity contribution is 9.10. The molecule has 0 radical (unpaired) electrons. The summed E-state index contributed by atoms with van der Waals surface area (Å²) in [6, 6.07) is 7.39. The molecule has 4 saturated carbocycles. The average Bonchev–Trinajstić information content (AvgIpc) is 2.51. The maximum absolute atomic E-state index is 12.3. The van der Waals surface area contributed by atoms with Crippen LogP contribution in [0, 0.1) is 23.2 Å². The van der Waals surface area contributed by atoms with Crippen molar-refractivity contribution in [2.24, 2.45) is 28.3 Å². The number of nitrogens with one attached hydrogen (secondary N) is 1. The molecule has 0 unspecified atom stereocenters. The van der Waals surface area contributed by atoms with Gasteiger partial charge in [0.05, 0.1) is 0 Å². The maximum Gasteiger partial charge on any atom is 0.271 e. The van der Waals surface area contributed by atoms with E-state index in [4.69, 9.17) is 0 Å². The monoisotopic (exact) mass is 374 g/mol. The van der Waals surface area contributed by atoms with Gasteiger partial charge in [-0.1, -0.05) is 15.9 Å². The second-order valence-corrected chi connectivity index (χ2v) is 8.76. The van der Waals surface area contributed by atoms with Crippen molar-refractivity contribution >= 4 is 27.5 Å². The molecule has 3 nitrogen and oxygen atoms in total. The first-order valence-corrected chi connectivity index (χ1v) is 9.44. The minimum atomic E-state index is -0.124. The van der Waals surface area contributed by atoms with E-state index in [-0.39, 0.29) is 11.3 Å². The van der Waals surface area contributed by atoms with Crippen LogP contribution in [-0.2, 0) is 0 Å². The number of benzene rings is 1. The quantitative estimate of drug-likeness (QED) is 0.600. The Morgan fingerprint density at radius 3 is 2.13 bits per heavy atom. The highest BCUT2D eigenvalue weighted by Crippen LogP contribution is 2.60. The van der Waals surface area contributed by atoms with E-state index < -0.39 is 0 Å². The van der Waals surface area contributed by atoms with Crippen molar-refractivity contribution < 1.29 is 4.79 Å². The predicted octanol–water partition coefficient (Wildman–Crippen LogP) is 4.77. The van der Waals surface area contributed by atoms with Crippen LogP contribution in [0.3, 0.4) is 0 Å². The van der Waals surface area contributed by atoms with Crippen molar-refractivity contribution in [3.63, 3.8) is 0 Å². The molecule has 4 aliphatic carbocycles. The van der Waals surface area contributed by atoms with E-state index in [1.165, 1.54) is 38.5 Å². The van der Waals surface area contributed by atoms with Crippen molar-refractivity contribution in [3.05, 3.63) is 34.3 Å². The topological polar surface area (TPSA) is 41.5 Å². The van der Waals surface area contributed by atoms with Gasteiger partial charge in [-0.05, 0) is 87.5 Å². The van der Waals surface area contributed by atoms with Crippen LogP contribution in [0.4, 0.5) is 0 Å². The van der Waals surface area contributed by atoms with Gasteiger partial charge in [0.25, 0.3) is 5.91 Å². The fourth-order valence-electron chi connectivity index (χ4n) is 5.47. The first kappa shape index (κ1) is 15.4. The Balaban J connectivity index is 1.48. The van der Waals surface area contributed by atoms with Gasteiger partial charge in [-0.2, -0.15) is 5.10 Å². The van der Waals surface area contributed by atoms with E-state index in [2.05, 4.69) is 33.4 Å². The molecule has 1 aromatic carbocycles. The first-order chi connectivity index (χ1) is 11.0. The summed E-state index contributed by atoms with van der Waals surface area (Å²) < 4.78 is 0.974. The third-order valence-corrected chi connectivity index (χ3v) is 6.77. The third kappa shape index (κ3) is 2.86. The van der Waals surface area contributed by atoms with E-state index >= 15 is 0 Å². The number of amides is 1. The van der Waals surface area contributed by atoms with Crippen molar-refractivity contribution in [1.82, 2.24) is 5.43 Å². The average molecular weight is 375 g/mol. The lowest BCUT2D eigenvalue weighted by molar-refractivity contribution is -0.0128. The molecule has 1 amide bonds. The molecule has 122 valence electrons. The van der Waals surface area contributed by atoms with Gasteiger partial charge >= 0.3 is 0 Å². The molecule has 1 N–H and O–H groups in total. The zero-order chi connectivity index (χ0) is 16.0. The molecule has 0 heterocycles. The van der Waals surface area contributed by atoms with Crippen LogP contribution in [0.25, 0.3) is 0 Å². The van der Waals surface area contributed by atoms with Crippen LogP contribution in [0.1, 0.15) is 55.8 Å². The highest BCUT2D eigenvalue weighted by atomic mass is 79.9. The molecule has 0 saturated heterocycles. The number of halogens is 1. The van der Waals surface area contributed by atoms with Gasteiger partial charge in [0.2, 0.25) is 0 Å². The summed E-state index contributed by atoms with van der Waals surface area (Å²) in [7, 11) is 0. The second kappa shape index (κ2) is 5.73. The third-order valence-electron chi connectivity index (χ3n) is 6.24. The lowest BCUT2D eigenvalue weighted by Crippen LogP contribution is -2.49. The predicted molar refractivity (Wildman–Crippen MR) is 95.3 cm³/mol. The summed E-state index contributed by atoms with van der Waals surface area (Å²) in [6.07, 6.45) is 8.13. The van der Waals surface area contributed by atoms with Crippen LogP contribution in [0.2, 0.25) is 0 Å². The van der Waals surface area contributed by atoms with Gasteiger partial charge in [-0.3, -0.25) is 4.79 Å². The Morgan fingerprint density at radius 2 is 1.61 bits per heavy atom. The number of hydrogen-bond donors (Lipinski definition) is 1. The summed E-state index contributed by atoms with van der Waals surface area (Å²) in [6.45, 7) is 2.12. The zero-order valence-corrected chi connectivity index (χ0v) is 15.1. The van der Waals surface area contributed by atoms with E-state index in [1.54, 1.807) is 0 Å². The minimum absolute atomic E-state index is 0.124. The lowest BCUT2D eigenvalue weighted by atomic mass is 9.48. The van der Waals surface area contributed by atoms with Crippen molar-refractivity contribution in [2.75, 3.05) is 0 Å². The van der Waals surface area contributed by atoms with E-state index in [0.29, 0.717) is 5.56 Å². The number of carbonyl (C=O) groups excluding carboxylic acids is 1. The number of hydrazone groups is 1. The largest absolute Gasteiger partial charge is 0.271 e. The molecule has 0 atom stereocenters. The highest BCUT2D eigenvalue weighted by Gasteiger charge is 2.52.